The zero-order valence-corrected chi connectivity index (χ0v) is 4.61. The molecule has 0 amide bonds. The van der Waals surface area contributed by atoms with Gasteiger partial charge in [0.1, 0.15) is 6.42 Å². The number of carboxylic acids is 1. The van der Waals surface area contributed by atoms with Crippen LogP contribution in [0.2, 0.25) is 0 Å². The lowest BCUT2D eigenvalue weighted by atomic mass is 10.2. The molecule has 4 N–H and O–H groups in total. The number of carbonyl (C=O) groups is 1. The molecule has 0 unspecified atom stereocenters. The summed E-state index contributed by atoms with van der Waals surface area (Å²) in [5.41, 5.74) is 0. The Morgan fingerprint density at radius 1 is 1.44 bits per heavy atom. The molecule has 0 radical (unpaired) electrons. The molecule has 0 aliphatic rings. The van der Waals surface area contributed by atoms with Crippen molar-refractivity contribution in [1.82, 2.24) is 0 Å². The van der Waals surface area contributed by atoms with Crippen LogP contribution in [0.1, 0.15) is 6.42 Å². The molecule has 0 aromatic heterocycles. The SMILES string of the molecule is O=C(O)CC(O)(O)CO. The fourth-order valence-electron chi connectivity index (χ4n) is 0.298. The molecule has 0 fully saturated rings. The standard InChI is InChI=1S/C4H8O5/c5-2-4(8,9)1-3(6)7/h5,8-9H,1-2H2,(H,6,7). The van der Waals surface area contributed by atoms with Crippen LogP contribution < -0.4 is 0 Å². The Bertz CT molecular complexity index is 108. The predicted octanol–water partition coefficient (Wildman–Crippen LogP) is -1.87. The number of hydrogen-bond acceptors (Lipinski definition) is 4. The lowest BCUT2D eigenvalue weighted by Crippen LogP contribution is -2.35. The molecule has 0 saturated carbocycles. The Hall–Kier alpha value is -0.650. The van der Waals surface area contributed by atoms with Gasteiger partial charge in [-0.05, 0) is 0 Å². The van der Waals surface area contributed by atoms with E-state index < -0.39 is 24.8 Å². The average molecular weight is 136 g/mol. The van der Waals surface area contributed by atoms with Crippen LogP contribution in [0.5, 0.6) is 0 Å². The maximum Gasteiger partial charge on any atom is 0.308 e. The zero-order chi connectivity index (χ0) is 7.49. The Kier molecular flexibility index (Phi) is 2.57. The second-order valence-corrected chi connectivity index (χ2v) is 1.71. The molecule has 0 aromatic carbocycles. The highest BCUT2D eigenvalue weighted by molar-refractivity contribution is 5.67. The van der Waals surface area contributed by atoms with Crippen LogP contribution in [0.4, 0.5) is 0 Å². The third kappa shape index (κ3) is 3.89. The number of carboxylic acid groups (broad SMARTS) is 1. The first kappa shape index (κ1) is 8.35. The second kappa shape index (κ2) is 2.77. The molecule has 0 aliphatic carbocycles. The molecule has 0 saturated heterocycles. The summed E-state index contributed by atoms with van der Waals surface area (Å²) in [5.74, 6) is -3.85. The summed E-state index contributed by atoms with van der Waals surface area (Å²) in [6.45, 7) is -0.973. The maximum atomic E-state index is 9.74. The summed E-state index contributed by atoms with van der Waals surface area (Å²) < 4.78 is 0. The van der Waals surface area contributed by atoms with Crippen LogP contribution in [0.25, 0.3) is 0 Å². The van der Waals surface area contributed by atoms with E-state index in [2.05, 4.69) is 0 Å². The molecule has 0 spiro atoms. The van der Waals surface area contributed by atoms with Crippen LogP contribution in [0.3, 0.4) is 0 Å². The topological polar surface area (TPSA) is 98.0 Å². The highest BCUT2D eigenvalue weighted by Gasteiger charge is 2.25. The van der Waals surface area contributed by atoms with Gasteiger partial charge >= 0.3 is 5.97 Å². The van der Waals surface area contributed by atoms with Crippen molar-refractivity contribution in [2.45, 2.75) is 12.2 Å². The van der Waals surface area contributed by atoms with Gasteiger partial charge in [0.25, 0.3) is 0 Å². The Labute approximate surface area is 51.2 Å². The van der Waals surface area contributed by atoms with Gasteiger partial charge < -0.3 is 20.4 Å². The van der Waals surface area contributed by atoms with Gasteiger partial charge in [-0.1, -0.05) is 0 Å². The first-order chi connectivity index (χ1) is 3.98. The Morgan fingerprint density at radius 3 is 2.00 bits per heavy atom. The van der Waals surface area contributed by atoms with E-state index >= 15 is 0 Å². The number of hydrogen-bond donors (Lipinski definition) is 4. The number of rotatable bonds is 3. The van der Waals surface area contributed by atoms with E-state index in [1.807, 2.05) is 0 Å². The molecule has 0 aliphatic heterocycles. The molecule has 0 aromatic rings. The van der Waals surface area contributed by atoms with Gasteiger partial charge in [-0.25, -0.2) is 0 Å². The monoisotopic (exact) mass is 136 g/mol. The van der Waals surface area contributed by atoms with Gasteiger partial charge in [0.15, 0.2) is 5.79 Å². The van der Waals surface area contributed by atoms with Crippen LogP contribution in [0, 0.1) is 0 Å². The molecule has 0 heterocycles. The molecule has 0 rings (SSSR count). The van der Waals surface area contributed by atoms with E-state index in [1.54, 1.807) is 0 Å². The number of aliphatic hydroxyl groups is 3. The van der Waals surface area contributed by atoms with Crippen LogP contribution >= 0.6 is 0 Å². The van der Waals surface area contributed by atoms with E-state index in [1.165, 1.54) is 0 Å². The highest BCUT2D eigenvalue weighted by Crippen LogP contribution is 2.02. The molecule has 5 heteroatoms. The normalized spacial score (nSPS) is 11.4. The van der Waals surface area contributed by atoms with Crippen molar-refractivity contribution in [1.29, 1.82) is 0 Å². The zero-order valence-electron chi connectivity index (χ0n) is 4.61. The minimum Gasteiger partial charge on any atom is -0.481 e. The average Bonchev–Trinajstić information content (AvgIpc) is 1.63. The molecule has 9 heavy (non-hydrogen) atoms. The summed E-state index contributed by atoms with van der Waals surface area (Å²) in [5, 5.41) is 32.9. The smallest absolute Gasteiger partial charge is 0.308 e. The van der Waals surface area contributed by atoms with E-state index in [0.717, 1.165) is 0 Å². The molecule has 54 valence electrons. The molecule has 0 bridgehead atoms. The van der Waals surface area contributed by atoms with Crippen molar-refractivity contribution in [3.05, 3.63) is 0 Å². The van der Waals surface area contributed by atoms with Crippen molar-refractivity contribution in [3.8, 4) is 0 Å². The van der Waals surface area contributed by atoms with Crippen LogP contribution in [-0.4, -0.2) is 38.8 Å². The molecule has 5 nitrogen and oxygen atoms in total. The molecular formula is C4H8O5. The third-order valence-corrected chi connectivity index (χ3v) is 0.688. The van der Waals surface area contributed by atoms with Crippen molar-refractivity contribution in [2.24, 2.45) is 0 Å². The molecule has 0 atom stereocenters. The first-order valence-corrected chi connectivity index (χ1v) is 2.25. The summed E-state index contributed by atoms with van der Waals surface area (Å²) >= 11 is 0. The van der Waals surface area contributed by atoms with Gasteiger partial charge in [0.05, 0.1) is 6.61 Å². The lowest BCUT2D eigenvalue weighted by Gasteiger charge is -2.14. The first-order valence-electron chi connectivity index (χ1n) is 2.25. The minimum absolute atomic E-state index is 0.872. The van der Waals surface area contributed by atoms with E-state index in [-0.39, 0.29) is 0 Å². The van der Waals surface area contributed by atoms with E-state index in [0.29, 0.717) is 0 Å². The predicted molar refractivity (Wildman–Crippen MR) is 26.5 cm³/mol. The minimum atomic E-state index is -2.48. The van der Waals surface area contributed by atoms with Gasteiger partial charge in [-0.15, -0.1) is 0 Å². The highest BCUT2D eigenvalue weighted by atomic mass is 16.5. The number of aliphatic carboxylic acids is 1. The Balaban J connectivity index is 3.71. The number of aliphatic hydroxyl groups excluding tert-OH is 1. The fraction of sp³-hybridized carbons (Fsp3) is 0.750. The molecular weight excluding hydrogens is 128 g/mol. The van der Waals surface area contributed by atoms with Crippen molar-refractivity contribution in [3.63, 3.8) is 0 Å². The quantitative estimate of drug-likeness (QED) is 0.341. The van der Waals surface area contributed by atoms with Gasteiger partial charge in [-0.2, -0.15) is 0 Å². The van der Waals surface area contributed by atoms with E-state index in [4.69, 9.17) is 20.4 Å². The van der Waals surface area contributed by atoms with Gasteiger partial charge in [0, 0.05) is 0 Å². The van der Waals surface area contributed by atoms with E-state index in [9.17, 15) is 4.79 Å². The van der Waals surface area contributed by atoms with Crippen molar-refractivity contribution >= 4 is 5.97 Å². The Morgan fingerprint density at radius 2 is 1.89 bits per heavy atom. The van der Waals surface area contributed by atoms with Gasteiger partial charge in [0.2, 0.25) is 0 Å². The largest absolute Gasteiger partial charge is 0.481 e. The summed E-state index contributed by atoms with van der Waals surface area (Å²) in [6, 6.07) is 0. The van der Waals surface area contributed by atoms with Crippen LogP contribution in [-0.2, 0) is 4.79 Å². The third-order valence-electron chi connectivity index (χ3n) is 0.688. The van der Waals surface area contributed by atoms with Crippen molar-refractivity contribution < 1.29 is 25.2 Å². The summed E-state index contributed by atoms with van der Waals surface area (Å²) in [6.07, 6.45) is -0.872. The summed E-state index contributed by atoms with van der Waals surface area (Å²) in [4.78, 5) is 9.74. The van der Waals surface area contributed by atoms with Crippen molar-refractivity contribution in [2.75, 3.05) is 6.61 Å². The lowest BCUT2D eigenvalue weighted by molar-refractivity contribution is -0.198. The van der Waals surface area contributed by atoms with Gasteiger partial charge in [-0.3, -0.25) is 4.79 Å². The van der Waals surface area contributed by atoms with Crippen LogP contribution in [0.15, 0.2) is 0 Å². The second-order valence-electron chi connectivity index (χ2n) is 1.71. The fourth-order valence-corrected chi connectivity index (χ4v) is 0.298. The maximum absolute atomic E-state index is 9.74. The summed E-state index contributed by atoms with van der Waals surface area (Å²) in [7, 11) is 0.